The van der Waals surface area contributed by atoms with Gasteiger partial charge in [-0.15, -0.1) is 0 Å². The van der Waals surface area contributed by atoms with Crippen LogP contribution in [-0.2, 0) is 0 Å². The molecule has 0 unspecified atom stereocenters. The third kappa shape index (κ3) is 3.29. The summed E-state index contributed by atoms with van der Waals surface area (Å²) < 4.78 is 0. The molecule has 0 aliphatic rings. The van der Waals surface area contributed by atoms with Crippen LogP contribution in [0.4, 0.5) is 0 Å². The number of nitrogens with one attached hydrogen (secondary N) is 3. The third-order valence-corrected chi connectivity index (χ3v) is 2.37. The van der Waals surface area contributed by atoms with Crippen LogP contribution in [0, 0.1) is 0 Å². The molecule has 0 saturated heterocycles. The first-order chi connectivity index (χ1) is 9.16. The predicted octanol–water partition coefficient (Wildman–Crippen LogP) is 0.450. The lowest BCUT2D eigenvalue weighted by Gasteiger charge is -2.06. The highest BCUT2D eigenvalue weighted by molar-refractivity contribution is 5.98. The Kier molecular flexibility index (Phi) is 3.72. The number of hydrazine groups is 1. The Morgan fingerprint density at radius 2 is 1.47 bits per heavy atom. The van der Waals surface area contributed by atoms with Crippen molar-refractivity contribution in [1.82, 2.24) is 15.8 Å². The predicted molar refractivity (Wildman–Crippen MR) is 68.4 cm³/mol. The Balaban J connectivity index is 1.96. The highest BCUT2D eigenvalue weighted by atomic mass is 16.2. The van der Waals surface area contributed by atoms with Gasteiger partial charge in [-0.1, -0.05) is 18.2 Å². The van der Waals surface area contributed by atoms with E-state index in [1.807, 2.05) is 0 Å². The molecule has 1 aromatic carbocycles. The average molecular weight is 257 g/mol. The number of carbonyl (C=O) groups excluding carboxylic acids is 2. The number of carbonyl (C=O) groups is 2. The zero-order valence-electron chi connectivity index (χ0n) is 9.84. The van der Waals surface area contributed by atoms with E-state index in [1.54, 1.807) is 30.3 Å². The first kappa shape index (κ1) is 12.6. The first-order valence-electron chi connectivity index (χ1n) is 5.51. The lowest BCUT2D eigenvalue weighted by Crippen LogP contribution is -2.41. The third-order valence-electron chi connectivity index (χ3n) is 2.37. The van der Waals surface area contributed by atoms with E-state index in [0.717, 1.165) is 0 Å². The van der Waals surface area contributed by atoms with E-state index >= 15 is 0 Å². The molecular formula is C13H11N3O3. The van der Waals surface area contributed by atoms with Crippen molar-refractivity contribution in [2.24, 2.45) is 0 Å². The molecule has 1 heterocycles. The molecule has 0 fully saturated rings. The number of pyridine rings is 1. The van der Waals surface area contributed by atoms with Crippen molar-refractivity contribution in [2.45, 2.75) is 0 Å². The van der Waals surface area contributed by atoms with Gasteiger partial charge in [0.2, 0.25) is 5.56 Å². The Morgan fingerprint density at radius 1 is 0.842 bits per heavy atom. The second-order valence-corrected chi connectivity index (χ2v) is 3.72. The second-order valence-electron chi connectivity index (χ2n) is 3.72. The molecule has 0 bridgehead atoms. The van der Waals surface area contributed by atoms with Gasteiger partial charge >= 0.3 is 0 Å². The molecule has 2 rings (SSSR count). The molecule has 2 aromatic rings. The summed E-state index contributed by atoms with van der Waals surface area (Å²) >= 11 is 0. The summed E-state index contributed by atoms with van der Waals surface area (Å²) in [5, 5.41) is 0. The molecule has 0 saturated carbocycles. The van der Waals surface area contributed by atoms with Gasteiger partial charge in [0, 0.05) is 17.8 Å². The van der Waals surface area contributed by atoms with Crippen LogP contribution in [0.1, 0.15) is 20.7 Å². The number of amides is 2. The standard InChI is InChI=1S/C13H11N3O3/c17-11-7-6-10(8-14-11)13(19)16-15-12(18)9-4-2-1-3-5-9/h1-8H,(H,14,17)(H,15,18)(H,16,19). The molecule has 0 aliphatic heterocycles. The van der Waals surface area contributed by atoms with E-state index in [4.69, 9.17) is 0 Å². The zero-order chi connectivity index (χ0) is 13.7. The summed E-state index contributed by atoms with van der Waals surface area (Å²) in [6.07, 6.45) is 1.27. The van der Waals surface area contributed by atoms with E-state index < -0.39 is 11.8 Å². The van der Waals surface area contributed by atoms with Crippen LogP contribution in [0.2, 0.25) is 0 Å². The zero-order valence-corrected chi connectivity index (χ0v) is 9.84. The van der Waals surface area contributed by atoms with E-state index in [-0.39, 0.29) is 11.1 Å². The maximum atomic E-state index is 11.7. The van der Waals surface area contributed by atoms with Crippen molar-refractivity contribution in [3.05, 3.63) is 70.1 Å². The average Bonchev–Trinajstić information content (AvgIpc) is 2.46. The van der Waals surface area contributed by atoms with Crippen molar-refractivity contribution in [2.75, 3.05) is 0 Å². The maximum absolute atomic E-state index is 11.7. The van der Waals surface area contributed by atoms with Gasteiger partial charge in [0.1, 0.15) is 0 Å². The van der Waals surface area contributed by atoms with Crippen LogP contribution in [0.3, 0.4) is 0 Å². The van der Waals surface area contributed by atoms with Crippen LogP contribution >= 0.6 is 0 Å². The molecule has 3 N–H and O–H groups in total. The van der Waals surface area contributed by atoms with Gasteiger partial charge < -0.3 is 4.98 Å². The van der Waals surface area contributed by atoms with Crippen molar-refractivity contribution < 1.29 is 9.59 Å². The second kappa shape index (κ2) is 5.63. The fourth-order valence-corrected chi connectivity index (χ4v) is 1.40. The highest BCUT2D eigenvalue weighted by Gasteiger charge is 2.08. The molecular weight excluding hydrogens is 246 g/mol. The minimum atomic E-state index is -0.513. The topological polar surface area (TPSA) is 91.1 Å². The van der Waals surface area contributed by atoms with E-state index in [9.17, 15) is 14.4 Å². The van der Waals surface area contributed by atoms with E-state index in [0.29, 0.717) is 5.56 Å². The number of hydrogen-bond donors (Lipinski definition) is 3. The van der Waals surface area contributed by atoms with Crippen LogP contribution in [-0.4, -0.2) is 16.8 Å². The monoisotopic (exact) mass is 257 g/mol. The van der Waals surface area contributed by atoms with Crippen LogP contribution in [0.5, 0.6) is 0 Å². The van der Waals surface area contributed by atoms with Gasteiger partial charge in [-0.2, -0.15) is 0 Å². The van der Waals surface area contributed by atoms with Gasteiger partial charge in [0.25, 0.3) is 11.8 Å². The smallest absolute Gasteiger partial charge is 0.271 e. The van der Waals surface area contributed by atoms with E-state index in [2.05, 4.69) is 15.8 Å². The molecule has 6 heteroatoms. The summed E-state index contributed by atoms with van der Waals surface area (Å²) in [6.45, 7) is 0. The molecule has 0 atom stereocenters. The van der Waals surface area contributed by atoms with Crippen molar-refractivity contribution in [3.8, 4) is 0 Å². The minimum Gasteiger partial charge on any atom is -0.328 e. The summed E-state index contributed by atoms with van der Waals surface area (Å²) in [7, 11) is 0. The quantitative estimate of drug-likeness (QED) is 0.682. The number of hydrogen-bond acceptors (Lipinski definition) is 3. The molecule has 2 amide bonds. The maximum Gasteiger partial charge on any atom is 0.271 e. The van der Waals surface area contributed by atoms with Crippen LogP contribution in [0.25, 0.3) is 0 Å². The Hall–Kier alpha value is -2.89. The van der Waals surface area contributed by atoms with Crippen molar-refractivity contribution in [3.63, 3.8) is 0 Å². The number of H-pyrrole nitrogens is 1. The highest BCUT2D eigenvalue weighted by Crippen LogP contribution is 1.97. The molecule has 0 radical (unpaired) electrons. The Morgan fingerprint density at radius 3 is 2.05 bits per heavy atom. The van der Waals surface area contributed by atoms with Gasteiger partial charge in [-0.25, -0.2) is 0 Å². The SMILES string of the molecule is O=C(NNC(=O)c1ccc(=O)[nH]c1)c1ccccc1. The van der Waals surface area contributed by atoms with Gasteiger partial charge in [-0.3, -0.25) is 25.2 Å². The first-order valence-corrected chi connectivity index (χ1v) is 5.51. The normalized spacial score (nSPS) is 9.68. The molecule has 6 nitrogen and oxygen atoms in total. The van der Waals surface area contributed by atoms with Gasteiger partial charge in [-0.05, 0) is 18.2 Å². The number of rotatable bonds is 2. The van der Waals surface area contributed by atoms with Gasteiger partial charge in [0.15, 0.2) is 0 Å². The number of aromatic nitrogens is 1. The molecule has 0 spiro atoms. The fourth-order valence-electron chi connectivity index (χ4n) is 1.40. The molecule has 0 aliphatic carbocycles. The molecule has 96 valence electrons. The van der Waals surface area contributed by atoms with E-state index in [1.165, 1.54) is 18.3 Å². The number of aromatic amines is 1. The lowest BCUT2D eigenvalue weighted by atomic mass is 10.2. The molecule has 1 aromatic heterocycles. The van der Waals surface area contributed by atoms with Crippen molar-refractivity contribution >= 4 is 11.8 Å². The minimum absolute atomic E-state index is 0.243. The number of benzene rings is 1. The van der Waals surface area contributed by atoms with Gasteiger partial charge in [0.05, 0.1) is 5.56 Å². The fraction of sp³-hybridized carbons (Fsp3) is 0. The van der Waals surface area contributed by atoms with Crippen LogP contribution < -0.4 is 16.4 Å². The summed E-state index contributed by atoms with van der Waals surface area (Å²) in [6, 6.07) is 11.1. The lowest BCUT2D eigenvalue weighted by molar-refractivity contribution is 0.0846. The van der Waals surface area contributed by atoms with Crippen LogP contribution in [0.15, 0.2) is 53.5 Å². The largest absolute Gasteiger partial charge is 0.328 e. The summed E-state index contributed by atoms with van der Waals surface area (Å²) in [4.78, 5) is 36.5. The Labute approximate surface area is 108 Å². The van der Waals surface area contributed by atoms with Crippen molar-refractivity contribution in [1.29, 1.82) is 0 Å². The Bertz CT molecular complexity index is 629. The molecule has 19 heavy (non-hydrogen) atoms. The summed E-state index contributed by atoms with van der Waals surface area (Å²) in [5.41, 5.74) is 4.91. The summed E-state index contributed by atoms with van der Waals surface area (Å²) in [5.74, 6) is -0.932.